The number of aromatic nitrogens is 5. The third-order valence-electron chi connectivity index (χ3n) is 12.7. The first kappa shape index (κ1) is 57.2. The second kappa shape index (κ2) is 20.1. The van der Waals surface area contributed by atoms with E-state index < -0.39 is 185 Å². The minimum Gasteiger partial charge on any atom is -0.481 e. The fourth-order valence-corrected chi connectivity index (χ4v) is 10.4. The van der Waals surface area contributed by atoms with Crippen molar-refractivity contribution in [3.63, 3.8) is 0 Å². The van der Waals surface area contributed by atoms with Gasteiger partial charge in [-0.15, -0.1) is 0 Å². The molecule has 0 radical (unpaired) electrons. The summed E-state index contributed by atoms with van der Waals surface area (Å²) in [5, 5.41) is 26.8. The zero-order valence-corrected chi connectivity index (χ0v) is 42.1. The molecule has 1 fully saturated rings. The van der Waals surface area contributed by atoms with Gasteiger partial charge in [0, 0.05) is 40.6 Å². The molecule has 2 aliphatic rings. The molecule has 0 bridgehead atoms. The normalized spacial score (nSPS) is 16.8. The molecule has 1 unspecified atom stereocenters. The van der Waals surface area contributed by atoms with E-state index in [0.29, 0.717) is 12.3 Å². The fourth-order valence-electron chi connectivity index (χ4n) is 8.93. The Bertz CT molecular complexity index is 3390. The van der Waals surface area contributed by atoms with Gasteiger partial charge in [0.2, 0.25) is 15.9 Å². The van der Waals surface area contributed by atoms with Gasteiger partial charge in [-0.2, -0.15) is 49.6 Å². The number of benzene rings is 2. The van der Waals surface area contributed by atoms with Gasteiger partial charge in [-0.05, 0) is 75.3 Å². The molecule has 0 spiro atoms. The number of pyridine rings is 1. The smallest absolute Gasteiger partial charge is 0.435 e. The Labute approximate surface area is 428 Å². The van der Waals surface area contributed by atoms with Crippen LogP contribution in [0, 0.1) is 17.6 Å². The van der Waals surface area contributed by atoms with Crippen molar-refractivity contribution < 1.29 is 94.9 Å². The van der Waals surface area contributed by atoms with Crippen LogP contribution >= 0.6 is 11.6 Å². The van der Waals surface area contributed by atoms with Crippen molar-refractivity contribution in [2.45, 2.75) is 107 Å². The molecule has 76 heavy (non-hydrogen) atoms. The number of nitrogens with one attached hydrogen (secondary N) is 1. The number of amides is 2. The highest BCUT2D eigenvalue weighted by Crippen LogP contribution is 2.68. The summed E-state index contributed by atoms with van der Waals surface area (Å²) in [6, 6.07) is 4.62. The lowest BCUT2D eigenvalue weighted by Crippen LogP contribution is -2.40. The van der Waals surface area contributed by atoms with Crippen molar-refractivity contribution in [1.29, 1.82) is 0 Å². The highest BCUT2D eigenvalue weighted by molar-refractivity contribution is 7.92. The van der Waals surface area contributed by atoms with Crippen molar-refractivity contribution in [1.82, 2.24) is 29.9 Å². The number of anilines is 1. The van der Waals surface area contributed by atoms with E-state index >= 15 is 8.78 Å². The number of aryl methyl sites for hydroxylation is 1. The summed E-state index contributed by atoms with van der Waals surface area (Å²) in [5.41, 5.74) is -5.98. The predicted molar refractivity (Wildman–Crippen MR) is 246 cm³/mol. The number of nitrogens with zero attached hydrogens (tertiary/aromatic N) is 6. The topological polar surface area (TPSA) is 250 Å². The molecule has 1 saturated carbocycles. The molecule has 31 heteroatoms. The second-order valence-electron chi connectivity index (χ2n) is 18.9. The maximum atomic E-state index is 15.6. The van der Waals surface area contributed by atoms with Gasteiger partial charge in [0.25, 0.3) is 5.92 Å². The number of aliphatic carboxylic acids is 2. The first-order chi connectivity index (χ1) is 34.9. The number of carboxylic acid groups (broad SMARTS) is 2. The van der Waals surface area contributed by atoms with Crippen LogP contribution in [0.15, 0.2) is 42.5 Å². The minimum absolute atomic E-state index is 0.0169. The number of fused-ring (bicyclic) bond motifs is 4. The van der Waals surface area contributed by atoms with Crippen LogP contribution in [0.3, 0.4) is 0 Å². The quantitative estimate of drug-likeness (QED) is 0.0661. The Kier molecular flexibility index (Phi) is 15.1. The average Bonchev–Trinajstić information content (AvgIpc) is 3.76. The maximum absolute atomic E-state index is 15.6. The number of rotatable bonds is 19. The lowest BCUT2D eigenvalue weighted by atomic mass is 9.93. The minimum atomic E-state index is -5.25. The Morgan fingerprint density at radius 1 is 0.908 bits per heavy atom. The molecule has 3 atom stereocenters. The maximum Gasteiger partial charge on any atom is 0.435 e. The number of hydrogen-bond donors (Lipinski definition) is 3. The van der Waals surface area contributed by atoms with Gasteiger partial charge in [0.1, 0.15) is 36.5 Å². The van der Waals surface area contributed by atoms with Gasteiger partial charge in [-0.1, -0.05) is 23.7 Å². The summed E-state index contributed by atoms with van der Waals surface area (Å²) in [6.07, 6.45) is -17.1. The lowest BCUT2D eigenvalue weighted by Gasteiger charge is -2.25. The average molecular weight is 1150 g/mol. The molecular weight excluding hydrogens is 1100 g/mol. The van der Waals surface area contributed by atoms with E-state index in [1.807, 2.05) is 0 Å². The third-order valence-corrected chi connectivity index (χ3v) is 16.2. The van der Waals surface area contributed by atoms with Gasteiger partial charge in [-0.25, -0.2) is 30.4 Å². The number of sulfone groups is 1. The second-order valence-corrected chi connectivity index (χ2v) is 23.7. The summed E-state index contributed by atoms with van der Waals surface area (Å²) < 4.78 is 203. The number of ether oxygens (including phenoxy) is 1. The van der Waals surface area contributed by atoms with Crippen molar-refractivity contribution in [3.8, 4) is 11.1 Å². The van der Waals surface area contributed by atoms with E-state index in [4.69, 9.17) is 16.3 Å². The molecule has 412 valence electrons. The molecule has 18 nitrogen and oxygen atoms in total. The molecule has 3 N–H and O–H groups in total. The summed E-state index contributed by atoms with van der Waals surface area (Å²) in [5.74, 6) is -15.0. The van der Waals surface area contributed by atoms with Crippen molar-refractivity contribution in [2.75, 3.05) is 16.8 Å². The number of alkyl halides is 8. The number of carboxylic acids is 2. The molecule has 3 heterocycles. The van der Waals surface area contributed by atoms with Gasteiger partial charge in [0.15, 0.2) is 21.3 Å². The molecule has 0 saturated heterocycles. The summed E-state index contributed by atoms with van der Waals surface area (Å²) >= 11 is 6.59. The van der Waals surface area contributed by atoms with E-state index in [2.05, 4.69) is 20.5 Å². The molecule has 2 aliphatic carbocycles. The van der Waals surface area contributed by atoms with E-state index in [1.54, 1.807) is 0 Å². The predicted octanol–water partition coefficient (Wildman–Crippen LogP) is 8.09. The largest absolute Gasteiger partial charge is 0.481 e. The lowest BCUT2D eigenvalue weighted by molar-refractivity contribution is -0.143. The first-order valence-corrected chi connectivity index (χ1v) is 26.4. The molecular formula is C45H42ClF10N7O11S2. The molecule has 2 aromatic carbocycles. The molecule has 7 rings (SSSR count). The van der Waals surface area contributed by atoms with E-state index in [9.17, 15) is 81.4 Å². The third kappa shape index (κ3) is 12.0. The van der Waals surface area contributed by atoms with E-state index in [1.165, 1.54) is 19.9 Å². The molecule has 5 aromatic rings. The number of hydrogen-bond acceptors (Lipinski definition) is 12. The van der Waals surface area contributed by atoms with Crippen LogP contribution in [-0.2, 0) is 77.0 Å². The summed E-state index contributed by atoms with van der Waals surface area (Å²) in [6.45, 7) is -0.696. The van der Waals surface area contributed by atoms with Crippen molar-refractivity contribution >= 4 is 72.1 Å². The number of carbonyl (C=O) groups is 4. The zero-order chi connectivity index (χ0) is 56.6. The Morgan fingerprint density at radius 3 is 2.07 bits per heavy atom. The van der Waals surface area contributed by atoms with Crippen LogP contribution < -0.4 is 9.62 Å². The fraction of sp³-hybridized carbons (Fsp3) is 0.444. The van der Waals surface area contributed by atoms with E-state index in [0.717, 1.165) is 36.6 Å². The van der Waals surface area contributed by atoms with Crippen LogP contribution in [-0.4, -0.2) is 105 Å². The van der Waals surface area contributed by atoms with Crippen molar-refractivity contribution in [2.24, 2.45) is 5.92 Å². The standard InChI is InChI=1S/C45H42ClF10N7O11S2/c1-42(2,75(3,70)71)10-9-23-5-6-25(26-7-8-29(46)35-37(26)62(19-43(49,50)51)60-40(35)63(76(4,72)73)41(69)74-24(15-32(65)66)16-33(67)68)36(57-23)30(13-20-11-21(47)14-22(48)12-20)58-31(64)18-61-39-34(38(59-61)45(54,55)56)27-17-28(27)44(39,52)53/h5-8,11-12,14,24,27-28,30H,9-10,13,15-19H2,1-4H3,(H,58,64)(H,65,66)(H,67,68)/t27-,28?,30-/m0/s1. The molecule has 2 amide bonds. The molecule has 0 aliphatic heterocycles. The summed E-state index contributed by atoms with van der Waals surface area (Å²) in [4.78, 5) is 55.7. The van der Waals surface area contributed by atoms with Crippen LogP contribution in [0.4, 0.5) is 54.5 Å². The Hall–Kier alpha value is -6.56. The first-order valence-electron chi connectivity index (χ1n) is 22.3. The van der Waals surface area contributed by atoms with Crippen LogP contribution in [0.1, 0.15) is 85.4 Å². The van der Waals surface area contributed by atoms with Crippen LogP contribution in [0.5, 0.6) is 0 Å². The Balaban J connectivity index is 1.46. The van der Waals surface area contributed by atoms with Gasteiger partial charge in [0.05, 0.1) is 51.5 Å². The van der Waals surface area contributed by atoms with E-state index in [-0.39, 0.29) is 49.8 Å². The highest BCUT2D eigenvalue weighted by Gasteiger charge is 2.68. The highest BCUT2D eigenvalue weighted by atomic mass is 35.5. The SMILES string of the molecule is CC(C)(CCc1ccc(-c2ccc(Cl)c3c(N(C(=O)OC(CC(=O)O)CC(=O)O)S(C)(=O)=O)nn(CC(F)(F)F)c23)c([C@H](Cc2cc(F)cc(F)c2)NC(=O)Cn2nc(C(F)(F)F)c3c2C(F)(F)C2C[C@H]32)n1)S(C)(=O)=O. The van der Waals surface area contributed by atoms with Gasteiger partial charge >= 0.3 is 30.4 Å². The van der Waals surface area contributed by atoms with Crippen molar-refractivity contribution in [3.05, 3.63) is 93.0 Å². The monoisotopic (exact) mass is 1150 g/mol. The van der Waals surface area contributed by atoms with Gasteiger partial charge in [-0.3, -0.25) is 28.7 Å². The zero-order valence-electron chi connectivity index (χ0n) is 39.7. The molecule has 3 aromatic heterocycles. The van der Waals surface area contributed by atoms with Gasteiger partial charge < -0.3 is 20.3 Å². The summed E-state index contributed by atoms with van der Waals surface area (Å²) in [7, 11) is -8.91. The Morgan fingerprint density at radius 2 is 1.51 bits per heavy atom. The van der Waals surface area contributed by atoms with Crippen LogP contribution in [0.25, 0.3) is 22.0 Å². The number of halogens is 11. The number of carbonyl (C=O) groups excluding carboxylic acids is 2. The van der Waals surface area contributed by atoms with Crippen LogP contribution in [0.2, 0.25) is 5.02 Å². The number of sulfonamides is 1.